The number of benzene rings is 3. The van der Waals surface area contributed by atoms with Crippen LogP contribution in [0.5, 0.6) is 0 Å². The van der Waals surface area contributed by atoms with Crippen LogP contribution in [0, 0.1) is 35.5 Å². The summed E-state index contributed by atoms with van der Waals surface area (Å²) in [5, 5.41) is 10.3. The number of thioether (sulfide) groups is 1. The minimum Gasteiger partial charge on any atom is -0.370 e. The van der Waals surface area contributed by atoms with E-state index >= 15 is 0 Å². The topological polar surface area (TPSA) is 57.2 Å². The van der Waals surface area contributed by atoms with Crippen LogP contribution in [-0.2, 0) is 32.2 Å². The Hall–Kier alpha value is -2.19. The highest BCUT2D eigenvalue weighted by atomic mass is 32.2. The fourth-order valence-electron chi connectivity index (χ4n) is 6.92. The summed E-state index contributed by atoms with van der Waals surface area (Å²) in [6.45, 7) is 19.1. The van der Waals surface area contributed by atoms with Crippen molar-refractivity contribution in [2.24, 2.45) is 35.5 Å². The van der Waals surface area contributed by atoms with Gasteiger partial charge in [0.25, 0.3) is 0 Å². The number of hydrogen-bond acceptors (Lipinski definition) is 6. The lowest BCUT2D eigenvalue weighted by molar-refractivity contribution is -0.273. The first-order valence-electron chi connectivity index (χ1n) is 18.2. The molecule has 0 bridgehead atoms. The summed E-state index contributed by atoms with van der Waals surface area (Å²) in [4.78, 5) is 1.24. The monoisotopic (exact) mass is 676 g/mol. The zero-order valence-corrected chi connectivity index (χ0v) is 31.2. The van der Waals surface area contributed by atoms with Gasteiger partial charge in [0.05, 0.1) is 31.5 Å². The van der Waals surface area contributed by atoms with Crippen molar-refractivity contribution in [1.29, 1.82) is 0 Å². The van der Waals surface area contributed by atoms with Gasteiger partial charge in [0, 0.05) is 4.90 Å². The molecule has 48 heavy (non-hydrogen) atoms. The van der Waals surface area contributed by atoms with Gasteiger partial charge in [0.2, 0.25) is 0 Å². The molecule has 12 atom stereocenters. The maximum absolute atomic E-state index is 10.3. The second-order valence-corrected chi connectivity index (χ2v) is 15.3. The van der Waals surface area contributed by atoms with Crippen LogP contribution in [0.25, 0.3) is 0 Å². The Kier molecular flexibility index (Phi) is 15.5. The molecule has 2 saturated heterocycles. The second kappa shape index (κ2) is 19.3. The summed E-state index contributed by atoms with van der Waals surface area (Å²) in [7, 11) is 0. The largest absolute Gasteiger partial charge is 0.370 e. The van der Waals surface area contributed by atoms with Gasteiger partial charge >= 0.3 is 0 Å². The highest BCUT2D eigenvalue weighted by Gasteiger charge is 2.44. The Morgan fingerprint density at radius 1 is 0.604 bits per heavy atom. The minimum absolute atomic E-state index is 0.0151. The molecule has 0 aromatic heterocycles. The van der Waals surface area contributed by atoms with Gasteiger partial charge in [-0.2, -0.15) is 0 Å². The summed E-state index contributed by atoms with van der Waals surface area (Å²) < 4.78 is 24.9. The van der Waals surface area contributed by atoms with E-state index in [4.69, 9.17) is 18.9 Å². The molecular formula is C42H60O5S. The fraction of sp³-hybridized carbons (Fsp3) is 0.571. The molecule has 0 aliphatic carbocycles. The van der Waals surface area contributed by atoms with Gasteiger partial charge in [-0.1, -0.05) is 159 Å². The summed E-state index contributed by atoms with van der Waals surface area (Å²) >= 11 is 1.80. The molecular weight excluding hydrogens is 617 g/mol. The number of rotatable bonds is 12. The Bertz CT molecular complexity index is 1290. The first kappa shape index (κ1) is 38.6. The lowest BCUT2D eigenvalue weighted by Crippen LogP contribution is -2.52. The molecule has 5 unspecified atom stereocenters. The van der Waals surface area contributed by atoms with E-state index < -0.39 is 6.29 Å². The molecule has 3 aromatic carbocycles. The van der Waals surface area contributed by atoms with Crippen molar-refractivity contribution in [3.63, 3.8) is 0 Å². The van der Waals surface area contributed by atoms with Crippen LogP contribution >= 0.6 is 11.8 Å². The predicted molar refractivity (Wildman–Crippen MR) is 197 cm³/mol. The van der Waals surface area contributed by atoms with E-state index in [9.17, 15) is 5.11 Å². The molecule has 2 aliphatic heterocycles. The molecule has 1 N–H and O–H groups in total. The molecule has 2 heterocycles. The first-order valence-corrected chi connectivity index (χ1v) is 19.0. The predicted octanol–water partition coefficient (Wildman–Crippen LogP) is 10.0. The molecule has 3 aromatic rings. The standard InChI is InChI=1S/C24H32O2S.C18H28O3/c1-5-17(2)22-18(3)19(4)23(25-16-20-12-8-6-9-13-20)24(26-22)27-21-14-10-7-11-15-21;1-5-12(2)16-13(3)14(4)17(18(19)21-16)20-11-15-9-7-6-8-10-15/h6-15,17-19,22-24H,5,16H2,1-4H3;6-10,12-14,16-19H,5,11H2,1-4H3/t17-,18+,19+,22?,23?,24-;12-,13+,14+,16?,17?,18?/m11/s1. The number of aliphatic hydroxyl groups excluding tert-OH is 1. The van der Waals surface area contributed by atoms with Gasteiger partial charge in [-0.3, -0.25) is 0 Å². The lowest BCUT2D eigenvalue weighted by atomic mass is 9.78. The summed E-state index contributed by atoms with van der Waals surface area (Å²) in [6, 6.07) is 31.0. The molecule has 6 heteroatoms. The molecule has 2 aliphatic rings. The third-order valence-electron chi connectivity index (χ3n) is 10.8. The first-order chi connectivity index (χ1) is 23.1. The normalized spacial score (nSPS) is 31.7. The average molecular weight is 677 g/mol. The summed E-state index contributed by atoms with van der Waals surface area (Å²) in [5.74, 6) is 2.58. The summed E-state index contributed by atoms with van der Waals surface area (Å²) in [6.07, 6.45) is 1.56. The molecule has 2 fully saturated rings. The minimum atomic E-state index is -0.834. The highest BCUT2D eigenvalue weighted by molar-refractivity contribution is 7.99. The Balaban J connectivity index is 0.000000224. The third-order valence-corrected chi connectivity index (χ3v) is 12.0. The van der Waals surface area contributed by atoms with Crippen LogP contribution < -0.4 is 0 Å². The maximum Gasteiger partial charge on any atom is 0.181 e. The van der Waals surface area contributed by atoms with E-state index in [-0.39, 0.29) is 35.8 Å². The number of ether oxygens (including phenoxy) is 4. The lowest BCUT2D eigenvalue weighted by Gasteiger charge is -2.46. The van der Waals surface area contributed by atoms with Crippen LogP contribution in [0.15, 0.2) is 95.9 Å². The van der Waals surface area contributed by atoms with E-state index in [1.165, 1.54) is 10.5 Å². The van der Waals surface area contributed by atoms with Gasteiger partial charge in [-0.05, 0) is 58.8 Å². The van der Waals surface area contributed by atoms with Gasteiger partial charge < -0.3 is 24.1 Å². The average Bonchev–Trinajstić information content (AvgIpc) is 3.12. The van der Waals surface area contributed by atoms with Crippen molar-refractivity contribution in [3.8, 4) is 0 Å². The van der Waals surface area contributed by atoms with Crippen LogP contribution in [0.2, 0.25) is 0 Å². The molecule has 5 nitrogen and oxygen atoms in total. The van der Waals surface area contributed by atoms with Gasteiger partial charge in [0.1, 0.15) is 11.5 Å². The van der Waals surface area contributed by atoms with Crippen LogP contribution in [0.1, 0.15) is 79.4 Å². The van der Waals surface area contributed by atoms with Crippen molar-refractivity contribution in [2.45, 2.75) is 122 Å². The molecule has 0 radical (unpaired) electrons. The van der Waals surface area contributed by atoms with E-state index in [1.807, 2.05) is 36.4 Å². The quantitative estimate of drug-likeness (QED) is 0.206. The van der Waals surface area contributed by atoms with E-state index in [1.54, 1.807) is 11.8 Å². The van der Waals surface area contributed by atoms with E-state index in [2.05, 4.69) is 110 Å². The third kappa shape index (κ3) is 10.4. The van der Waals surface area contributed by atoms with Crippen molar-refractivity contribution >= 4 is 11.8 Å². The Labute approximate surface area is 295 Å². The van der Waals surface area contributed by atoms with Crippen LogP contribution in [-0.4, -0.2) is 41.2 Å². The molecule has 0 saturated carbocycles. The summed E-state index contributed by atoms with van der Waals surface area (Å²) in [5.41, 5.74) is 2.35. The van der Waals surface area contributed by atoms with Crippen molar-refractivity contribution in [1.82, 2.24) is 0 Å². The molecule has 0 amide bonds. The zero-order chi connectivity index (χ0) is 34.6. The van der Waals surface area contributed by atoms with Crippen LogP contribution in [0.3, 0.4) is 0 Å². The SMILES string of the molecule is CC[C@@H](C)C1OC(O)C(OCc2ccccc2)[C@@H](C)[C@@H]1C.CC[C@@H](C)C1O[C@H](Sc2ccccc2)C(OCc2ccccc2)[C@@H](C)[C@@H]1C. The fourth-order valence-corrected chi connectivity index (χ4v) is 8.14. The number of hydrogen-bond donors (Lipinski definition) is 1. The van der Waals surface area contributed by atoms with E-state index in [0.29, 0.717) is 42.8 Å². The Morgan fingerprint density at radius 2 is 1.02 bits per heavy atom. The van der Waals surface area contributed by atoms with E-state index in [0.717, 1.165) is 18.4 Å². The van der Waals surface area contributed by atoms with Gasteiger partial charge in [-0.25, -0.2) is 0 Å². The highest BCUT2D eigenvalue weighted by Crippen LogP contribution is 2.42. The van der Waals surface area contributed by atoms with Crippen molar-refractivity contribution in [2.75, 3.05) is 0 Å². The van der Waals surface area contributed by atoms with Gasteiger partial charge in [-0.15, -0.1) is 0 Å². The van der Waals surface area contributed by atoms with Gasteiger partial charge in [0.15, 0.2) is 6.29 Å². The molecule has 0 spiro atoms. The smallest absolute Gasteiger partial charge is 0.181 e. The van der Waals surface area contributed by atoms with Crippen molar-refractivity contribution < 1.29 is 24.1 Å². The zero-order valence-electron chi connectivity index (χ0n) is 30.4. The van der Waals surface area contributed by atoms with Crippen molar-refractivity contribution in [3.05, 3.63) is 102 Å². The van der Waals surface area contributed by atoms with Crippen LogP contribution in [0.4, 0.5) is 0 Å². The molecule has 264 valence electrons. The molecule has 5 rings (SSSR count). The number of aliphatic hydroxyl groups is 1. The maximum atomic E-state index is 10.3. The Morgan fingerprint density at radius 3 is 1.50 bits per heavy atom. The second-order valence-electron chi connectivity index (χ2n) is 14.1.